The molecule has 1 saturated heterocycles. The van der Waals surface area contributed by atoms with Gasteiger partial charge >= 0.3 is 12.1 Å². The first kappa shape index (κ1) is 20.4. The topological polar surface area (TPSA) is 54.2 Å². The summed E-state index contributed by atoms with van der Waals surface area (Å²) in [5.41, 5.74) is 4.09. The van der Waals surface area contributed by atoms with Gasteiger partial charge in [0.25, 0.3) is 0 Å². The third-order valence-corrected chi connectivity index (χ3v) is 5.34. The minimum Gasteiger partial charge on any atom is -0.371 e. The average Bonchev–Trinajstić information content (AvgIpc) is 3.24. The van der Waals surface area contributed by atoms with E-state index in [0.717, 1.165) is 31.5 Å². The maximum Gasteiger partial charge on any atom is 0.471 e. The number of nitrogens with zero attached hydrogens (tertiary/aromatic N) is 3. The van der Waals surface area contributed by atoms with Crippen LogP contribution < -0.4 is 10.2 Å². The number of anilines is 1. The van der Waals surface area contributed by atoms with Gasteiger partial charge < -0.3 is 14.7 Å². The third kappa shape index (κ3) is 4.81. The molecule has 3 aromatic rings. The number of hydrogen-bond donors (Lipinski definition) is 1. The highest BCUT2D eigenvalue weighted by Crippen LogP contribution is 2.29. The summed E-state index contributed by atoms with van der Waals surface area (Å²) < 4.78 is 42.1. The molecule has 0 saturated carbocycles. The van der Waals surface area contributed by atoms with Crippen LogP contribution in [0.1, 0.15) is 29.9 Å². The summed E-state index contributed by atoms with van der Waals surface area (Å²) in [6.45, 7) is 4.84. The predicted molar refractivity (Wildman–Crippen MR) is 108 cm³/mol. The minimum atomic E-state index is -4.63. The summed E-state index contributed by atoms with van der Waals surface area (Å²) >= 11 is 0. The predicted octanol–water partition coefficient (Wildman–Crippen LogP) is 4.82. The minimum absolute atomic E-state index is 0.0645. The van der Waals surface area contributed by atoms with Gasteiger partial charge in [-0.15, -0.1) is 0 Å². The van der Waals surface area contributed by atoms with Gasteiger partial charge in [0, 0.05) is 36.9 Å². The average molecular weight is 416 g/mol. The van der Waals surface area contributed by atoms with Crippen molar-refractivity contribution < 1.29 is 17.7 Å². The number of piperidine rings is 1. The van der Waals surface area contributed by atoms with Gasteiger partial charge in [0.05, 0.1) is 0 Å². The zero-order valence-corrected chi connectivity index (χ0v) is 16.6. The molecule has 0 bridgehead atoms. The number of halogens is 3. The summed E-state index contributed by atoms with van der Waals surface area (Å²) in [6, 6.07) is 16.2. The van der Waals surface area contributed by atoms with Gasteiger partial charge in [-0.05, 0) is 43.0 Å². The van der Waals surface area contributed by atoms with Gasteiger partial charge in [0.2, 0.25) is 5.82 Å². The fraction of sp³-hybridized carbons (Fsp3) is 0.364. The Kier molecular flexibility index (Phi) is 5.76. The molecule has 2 heterocycles. The Morgan fingerprint density at radius 1 is 1.10 bits per heavy atom. The monoisotopic (exact) mass is 416 g/mol. The van der Waals surface area contributed by atoms with Crippen LogP contribution in [0, 0.1) is 6.92 Å². The summed E-state index contributed by atoms with van der Waals surface area (Å²) in [5, 5.41) is 6.99. The lowest BCUT2D eigenvalue weighted by Gasteiger charge is -2.34. The summed E-state index contributed by atoms with van der Waals surface area (Å²) in [6.07, 6.45) is -2.51. The number of hydrogen-bond acceptors (Lipinski definition) is 5. The number of aromatic nitrogens is 2. The molecule has 5 nitrogen and oxygen atoms in total. The first-order chi connectivity index (χ1) is 14.4. The smallest absolute Gasteiger partial charge is 0.371 e. The SMILES string of the molecule is Cc1cccc(N2CCC(NCc3ccc(-c4noc(C(F)(F)F)n4)cc3)CC2)c1. The zero-order chi connectivity index (χ0) is 21.1. The second-order valence-electron chi connectivity index (χ2n) is 7.60. The molecule has 1 aliphatic rings. The van der Waals surface area contributed by atoms with Gasteiger partial charge in [0.15, 0.2) is 0 Å². The standard InChI is InChI=1S/C22H23F3N4O/c1-15-3-2-4-19(13-15)29-11-9-18(10-12-29)26-14-16-5-7-17(8-6-16)20-27-21(30-28-20)22(23,24)25/h2-8,13,18,26H,9-12,14H2,1H3. The third-order valence-electron chi connectivity index (χ3n) is 5.34. The molecule has 8 heteroatoms. The van der Waals surface area contributed by atoms with Crippen molar-refractivity contribution >= 4 is 5.69 Å². The highest BCUT2D eigenvalue weighted by Gasteiger charge is 2.38. The summed E-state index contributed by atoms with van der Waals surface area (Å²) in [7, 11) is 0. The lowest BCUT2D eigenvalue weighted by Crippen LogP contribution is -2.42. The van der Waals surface area contributed by atoms with Crippen molar-refractivity contribution in [2.45, 2.75) is 38.5 Å². The molecular weight excluding hydrogens is 393 g/mol. The first-order valence-electron chi connectivity index (χ1n) is 9.94. The van der Waals surface area contributed by atoms with E-state index in [-0.39, 0.29) is 5.82 Å². The van der Waals surface area contributed by atoms with Crippen LogP contribution in [0.15, 0.2) is 53.1 Å². The maximum absolute atomic E-state index is 12.6. The molecule has 158 valence electrons. The van der Waals surface area contributed by atoms with Gasteiger partial charge in [-0.2, -0.15) is 18.2 Å². The van der Waals surface area contributed by atoms with E-state index in [2.05, 4.69) is 56.1 Å². The molecule has 2 aromatic carbocycles. The largest absolute Gasteiger partial charge is 0.471 e. The highest BCUT2D eigenvalue weighted by atomic mass is 19.4. The van der Waals surface area contributed by atoms with Gasteiger partial charge in [0.1, 0.15) is 0 Å². The van der Waals surface area contributed by atoms with Crippen LogP contribution in [0.25, 0.3) is 11.4 Å². The van der Waals surface area contributed by atoms with E-state index in [1.165, 1.54) is 11.3 Å². The highest BCUT2D eigenvalue weighted by molar-refractivity contribution is 5.54. The normalized spacial score (nSPS) is 15.5. The number of alkyl halides is 3. The summed E-state index contributed by atoms with van der Waals surface area (Å²) in [5.74, 6) is -1.40. The molecule has 0 radical (unpaired) electrons. The van der Waals surface area contributed by atoms with E-state index in [1.54, 1.807) is 12.1 Å². The molecule has 0 spiro atoms. The summed E-state index contributed by atoms with van der Waals surface area (Å²) in [4.78, 5) is 5.83. The van der Waals surface area contributed by atoms with E-state index in [1.807, 2.05) is 12.1 Å². The molecule has 4 rings (SSSR count). The fourth-order valence-electron chi connectivity index (χ4n) is 3.66. The zero-order valence-electron chi connectivity index (χ0n) is 16.6. The van der Waals surface area contributed by atoms with E-state index in [9.17, 15) is 13.2 Å². The molecule has 0 atom stereocenters. The van der Waals surface area contributed by atoms with Gasteiger partial charge in [-0.25, -0.2) is 0 Å². The Labute approximate surface area is 172 Å². The quantitative estimate of drug-likeness (QED) is 0.646. The molecule has 1 N–H and O–H groups in total. The number of rotatable bonds is 5. The van der Waals surface area contributed by atoms with Crippen molar-refractivity contribution in [1.29, 1.82) is 0 Å². The van der Waals surface area contributed by atoms with Crippen molar-refractivity contribution in [2.75, 3.05) is 18.0 Å². The van der Waals surface area contributed by atoms with Crippen LogP contribution >= 0.6 is 0 Å². The van der Waals surface area contributed by atoms with Crippen molar-refractivity contribution in [1.82, 2.24) is 15.5 Å². The molecule has 0 aliphatic carbocycles. The lowest BCUT2D eigenvalue weighted by molar-refractivity contribution is -0.159. The van der Waals surface area contributed by atoms with Crippen LogP contribution in [-0.4, -0.2) is 29.3 Å². The van der Waals surface area contributed by atoms with Crippen LogP contribution in [0.4, 0.5) is 18.9 Å². The second-order valence-corrected chi connectivity index (χ2v) is 7.60. The van der Waals surface area contributed by atoms with Crippen LogP contribution in [-0.2, 0) is 12.7 Å². The van der Waals surface area contributed by atoms with Crippen molar-refractivity contribution in [3.8, 4) is 11.4 Å². The van der Waals surface area contributed by atoms with Crippen LogP contribution in [0.5, 0.6) is 0 Å². The number of nitrogens with one attached hydrogen (secondary N) is 1. The lowest BCUT2D eigenvalue weighted by atomic mass is 10.0. The number of benzene rings is 2. The van der Waals surface area contributed by atoms with E-state index in [0.29, 0.717) is 18.2 Å². The molecule has 0 unspecified atom stereocenters. The van der Waals surface area contributed by atoms with Crippen molar-refractivity contribution in [2.24, 2.45) is 0 Å². The Bertz CT molecular complexity index is 977. The molecule has 1 aromatic heterocycles. The van der Waals surface area contributed by atoms with Crippen LogP contribution in [0.3, 0.4) is 0 Å². The Morgan fingerprint density at radius 2 is 1.83 bits per heavy atom. The van der Waals surface area contributed by atoms with Gasteiger partial charge in [-0.1, -0.05) is 41.6 Å². The van der Waals surface area contributed by atoms with Gasteiger partial charge in [-0.3, -0.25) is 0 Å². The Balaban J connectivity index is 1.28. The van der Waals surface area contributed by atoms with Crippen molar-refractivity contribution in [3.63, 3.8) is 0 Å². The Hall–Kier alpha value is -2.87. The first-order valence-corrected chi connectivity index (χ1v) is 9.94. The molecule has 0 amide bonds. The number of aryl methyl sites for hydroxylation is 1. The molecule has 1 fully saturated rings. The van der Waals surface area contributed by atoms with Crippen molar-refractivity contribution in [3.05, 3.63) is 65.5 Å². The maximum atomic E-state index is 12.6. The van der Waals surface area contributed by atoms with E-state index < -0.39 is 12.1 Å². The second kappa shape index (κ2) is 8.47. The molecule has 30 heavy (non-hydrogen) atoms. The molecular formula is C22H23F3N4O. The Morgan fingerprint density at radius 3 is 2.47 bits per heavy atom. The van der Waals surface area contributed by atoms with E-state index in [4.69, 9.17) is 0 Å². The molecule has 1 aliphatic heterocycles. The van der Waals surface area contributed by atoms with Crippen LogP contribution in [0.2, 0.25) is 0 Å². The fourth-order valence-corrected chi connectivity index (χ4v) is 3.66. The van der Waals surface area contributed by atoms with E-state index >= 15 is 0 Å².